The molecular formula is C14H27NO3. The Morgan fingerprint density at radius 3 is 2.89 bits per heavy atom. The minimum Gasteiger partial charge on any atom is -0.378 e. The summed E-state index contributed by atoms with van der Waals surface area (Å²) in [6.45, 7) is 7.16. The lowest BCUT2D eigenvalue weighted by atomic mass is 10.1. The molecule has 1 fully saturated rings. The third-order valence-corrected chi connectivity index (χ3v) is 3.26. The van der Waals surface area contributed by atoms with Crippen LogP contribution in [-0.4, -0.2) is 50.3 Å². The monoisotopic (exact) mass is 257 g/mol. The maximum atomic E-state index is 11.8. The Kier molecular flexibility index (Phi) is 7.28. The van der Waals surface area contributed by atoms with Gasteiger partial charge in [0.15, 0.2) is 0 Å². The van der Waals surface area contributed by atoms with Crippen molar-refractivity contribution in [3.63, 3.8) is 0 Å². The minimum atomic E-state index is 0.169. The normalized spacial score (nSPS) is 19.4. The Morgan fingerprint density at radius 2 is 2.28 bits per heavy atom. The van der Waals surface area contributed by atoms with Crippen molar-refractivity contribution in [1.29, 1.82) is 0 Å². The van der Waals surface area contributed by atoms with E-state index in [9.17, 15) is 4.79 Å². The van der Waals surface area contributed by atoms with Gasteiger partial charge in [-0.05, 0) is 25.2 Å². The molecule has 1 saturated heterocycles. The van der Waals surface area contributed by atoms with Crippen LogP contribution in [0.5, 0.6) is 0 Å². The van der Waals surface area contributed by atoms with Gasteiger partial charge in [0.2, 0.25) is 5.91 Å². The van der Waals surface area contributed by atoms with Crippen molar-refractivity contribution < 1.29 is 14.3 Å². The van der Waals surface area contributed by atoms with Gasteiger partial charge < -0.3 is 14.4 Å². The van der Waals surface area contributed by atoms with Crippen LogP contribution in [0, 0.1) is 5.92 Å². The smallest absolute Gasteiger partial charge is 0.224 e. The van der Waals surface area contributed by atoms with E-state index >= 15 is 0 Å². The quantitative estimate of drug-likeness (QED) is 0.625. The van der Waals surface area contributed by atoms with Crippen molar-refractivity contribution in [1.82, 2.24) is 4.90 Å². The molecule has 1 aliphatic heterocycles. The zero-order valence-electron chi connectivity index (χ0n) is 12.0. The Balaban J connectivity index is 2.01. The van der Waals surface area contributed by atoms with Gasteiger partial charge in [-0.1, -0.05) is 13.8 Å². The average Bonchev–Trinajstić information content (AvgIpc) is 2.84. The lowest BCUT2D eigenvalue weighted by Crippen LogP contribution is -2.29. The first-order chi connectivity index (χ1) is 8.59. The molecule has 0 aliphatic carbocycles. The molecule has 1 atom stereocenters. The molecule has 0 aromatic carbocycles. The van der Waals surface area contributed by atoms with E-state index in [0.717, 1.165) is 32.4 Å². The van der Waals surface area contributed by atoms with Gasteiger partial charge in [-0.2, -0.15) is 0 Å². The Hall–Kier alpha value is -0.610. The summed E-state index contributed by atoms with van der Waals surface area (Å²) >= 11 is 0. The van der Waals surface area contributed by atoms with E-state index in [2.05, 4.69) is 13.8 Å². The van der Waals surface area contributed by atoms with E-state index in [0.29, 0.717) is 25.6 Å². The van der Waals surface area contributed by atoms with Gasteiger partial charge in [-0.25, -0.2) is 0 Å². The highest BCUT2D eigenvalue weighted by atomic mass is 16.5. The molecule has 4 nitrogen and oxygen atoms in total. The average molecular weight is 257 g/mol. The zero-order chi connectivity index (χ0) is 13.4. The van der Waals surface area contributed by atoms with E-state index in [1.54, 1.807) is 4.90 Å². The predicted molar refractivity (Wildman–Crippen MR) is 71.5 cm³/mol. The highest BCUT2D eigenvalue weighted by molar-refractivity contribution is 5.75. The Bertz CT molecular complexity index is 237. The van der Waals surface area contributed by atoms with Crippen molar-refractivity contribution in [3.05, 3.63) is 0 Å². The summed E-state index contributed by atoms with van der Waals surface area (Å²) in [6, 6.07) is 0. The standard InChI is InChI=1S/C14H27NO3/c1-12(2)6-8-15(3)14(16)7-10-17-11-13-5-4-9-18-13/h12-13H,4-11H2,1-3H3. The molecular weight excluding hydrogens is 230 g/mol. The van der Waals surface area contributed by atoms with Crippen LogP contribution in [-0.2, 0) is 14.3 Å². The molecule has 18 heavy (non-hydrogen) atoms. The molecule has 0 radical (unpaired) electrons. The van der Waals surface area contributed by atoms with Crippen LogP contribution >= 0.6 is 0 Å². The maximum Gasteiger partial charge on any atom is 0.224 e. The molecule has 0 spiro atoms. The van der Waals surface area contributed by atoms with Crippen molar-refractivity contribution in [3.8, 4) is 0 Å². The van der Waals surface area contributed by atoms with Crippen molar-refractivity contribution in [2.75, 3.05) is 33.4 Å². The molecule has 1 aliphatic rings. The van der Waals surface area contributed by atoms with Crippen LogP contribution < -0.4 is 0 Å². The van der Waals surface area contributed by atoms with E-state index < -0.39 is 0 Å². The largest absolute Gasteiger partial charge is 0.378 e. The molecule has 106 valence electrons. The fourth-order valence-corrected chi connectivity index (χ4v) is 1.92. The highest BCUT2D eigenvalue weighted by Crippen LogP contribution is 2.12. The second-order valence-electron chi connectivity index (χ2n) is 5.46. The van der Waals surface area contributed by atoms with E-state index in [-0.39, 0.29) is 12.0 Å². The van der Waals surface area contributed by atoms with Crippen molar-refractivity contribution in [2.24, 2.45) is 5.92 Å². The molecule has 4 heteroatoms. The molecule has 1 amide bonds. The van der Waals surface area contributed by atoms with E-state index in [1.165, 1.54) is 0 Å². The van der Waals surface area contributed by atoms with Gasteiger partial charge in [0.05, 0.1) is 25.7 Å². The summed E-state index contributed by atoms with van der Waals surface area (Å²) in [5.41, 5.74) is 0. The number of amides is 1. The summed E-state index contributed by atoms with van der Waals surface area (Å²) in [6.07, 6.45) is 3.99. The van der Waals surface area contributed by atoms with Crippen LogP contribution in [0.25, 0.3) is 0 Å². The van der Waals surface area contributed by atoms with Crippen LogP contribution in [0.3, 0.4) is 0 Å². The SMILES string of the molecule is CC(C)CCN(C)C(=O)CCOCC1CCCO1. The van der Waals surface area contributed by atoms with Crippen LogP contribution in [0.2, 0.25) is 0 Å². The number of rotatable bonds is 8. The molecule has 0 aromatic heterocycles. The van der Waals surface area contributed by atoms with E-state index in [1.807, 2.05) is 7.05 Å². The molecule has 0 bridgehead atoms. The van der Waals surface area contributed by atoms with Gasteiger partial charge in [-0.3, -0.25) is 4.79 Å². The first-order valence-electron chi connectivity index (χ1n) is 7.03. The van der Waals surface area contributed by atoms with E-state index in [4.69, 9.17) is 9.47 Å². The summed E-state index contributed by atoms with van der Waals surface area (Å²) in [4.78, 5) is 13.6. The second-order valence-corrected chi connectivity index (χ2v) is 5.46. The van der Waals surface area contributed by atoms with Gasteiger partial charge in [-0.15, -0.1) is 0 Å². The summed E-state index contributed by atoms with van der Waals surface area (Å²) in [5.74, 6) is 0.805. The third kappa shape index (κ3) is 6.36. The molecule has 0 N–H and O–H groups in total. The van der Waals surface area contributed by atoms with Crippen molar-refractivity contribution >= 4 is 5.91 Å². The maximum absolute atomic E-state index is 11.8. The predicted octanol–water partition coefficient (Wildman–Crippen LogP) is 2.08. The van der Waals surface area contributed by atoms with Crippen LogP contribution in [0.15, 0.2) is 0 Å². The summed E-state index contributed by atoms with van der Waals surface area (Å²) in [5, 5.41) is 0. The lowest BCUT2D eigenvalue weighted by molar-refractivity contribution is -0.131. The number of ether oxygens (including phenoxy) is 2. The van der Waals surface area contributed by atoms with Gasteiger partial charge in [0.1, 0.15) is 0 Å². The third-order valence-electron chi connectivity index (χ3n) is 3.26. The summed E-state index contributed by atoms with van der Waals surface area (Å²) < 4.78 is 10.9. The second kappa shape index (κ2) is 8.48. The highest BCUT2D eigenvalue weighted by Gasteiger charge is 2.15. The number of carbonyl (C=O) groups is 1. The van der Waals surface area contributed by atoms with Crippen LogP contribution in [0.1, 0.15) is 39.5 Å². The summed E-state index contributed by atoms with van der Waals surface area (Å²) in [7, 11) is 1.87. The Labute approximate surface area is 111 Å². The first kappa shape index (κ1) is 15.4. The molecule has 1 unspecified atom stereocenters. The molecule has 0 saturated carbocycles. The molecule has 1 rings (SSSR count). The molecule has 1 heterocycles. The van der Waals surface area contributed by atoms with Gasteiger partial charge >= 0.3 is 0 Å². The fraction of sp³-hybridized carbons (Fsp3) is 0.929. The van der Waals surface area contributed by atoms with Crippen LogP contribution in [0.4, 0.5) is 0 Å². The van der Waals surface area contributed by atoms with Crippen molar-refractivity contribution in [2.45, 2.75) is 45.6 Å². The lowest BCUT2D eigenvalue weighted by Gasteiger charge is -2.18. The zero-order valence-corrected chi connectivity index (χ0v) is 12.0. The topological polar surface area (TPSA) is 38.8 Å². The number of carbonyl (C=O) groups excluding carboxylic acids is 1. The van der Waals surface area contributed by atoms with Gasteiger partial charge in [0, 0.05) is 20.2 Å². The fourth-order valence-electron chi connectivity index (χ4n) is 1.92. The first-order valence-corrected chi connectivity index (χ1v) is 7.03. The number of hydrogen-bond acceptors (Lipinski definition) is 3. The number of nitrogens with zero attached hydrogens (tertiary/aromatic N) is 1. The minimum absolute atomic E-state index is 0.169. The number of hydrogen-bond donors (Lipinski definition) is 0. The Morgan fingerprint density at radius 1 is 1.50 bits per heavy atom. The molecule has 0 aromatic rings. The van der Waals surface area contributed by atoms with Gasteiger partial charge in [0.25, 0.3) is 0 Å².